The smallest absolute Gasteiger partial charge is 0.248 e. The first-order chi connectivity index (χ1) is 11.0. The van der Waals surface area contributed by atoms with Crippen LogP contribution in [0.3, 0.4) is 0 Å². The number of carbonyl (C=O) groups is 1. The summed E-state index contributed by atoms with van der Waals surface area (Å²) in [5.74, 6) is -0.593. The molecule has 2 aromatic rings. The van der Waals surface area contributed by atoms with Crippen molar-refractivity contribution in [3.8, 4) is 0 Å². The fourth-order valence-corrected chi connectivity index (χ4v) is 2.52. The maximum atomic E-state index is 12.9. The number of nitrogens with two attached hydrogens (primary N) is 1. The molecule has 122 valence electrons. The van der Waals surface area contributed by atoms with Gasteiger partial charge in [0.25, 0.3) is 0 Å². The van der Waals surface area contributed by atoms with E-state index in [1.165, 1.54) is 17.7 Å². The monoisotopic (exact) mass is 314 g/mol. The van der Waals surface area contributed by atoms with Gasteiger partial charge in [0.15, 0.2) is 0 Å². The zero-order valence-corrected chi connectivity index (χ0v) is 13.4. The van der Waals surface area contributed by atoms with Crippen LogP contribution in [0, 0.1) is 5.82 Å². The van der Waals surface area contributed by atoms with E-state index < -0.39 is 5.91 Å². The van der Waals surface area contributed by atoms with Crippen molar-refractivity contribution in [3.05, 3.63) is 71.0 Å². The van der Waals surface area contributed by atoms with Gasteiger partial charge >= 0.3 is 0 Å². The van der Waals surface area contributed by atoms with Gasteiger partial charge in [-0.05, 0) is 68.1 Å². The molecule has 3 N–H and O–H groups in total. The summed E-state index contributed by atoms with van der Waals surface area (Å²) >= 11 is 0. The molecule has 1 amide bonds. The molecule has 0 saturated heterocycles. The maximum absolute atomic E-state index is 12.9. The summed E-state index contributed by atoms with van der Waals surface area (Å²) in [7, 11) is 0. The van der Waals surface area contributed by atoms with Gasteiger partial charge in [0.2, 0.25) is 5.91 Å². The summed E-state index contributed by atoms with van der Waals surface area (Å²) in [4.78, 5) is 11.0. The van der Waals surface area contributed by atoms with Crippen molar-refractivity contribution < 1.29 is 9.18 Å². The molecule has 3 nitrogen and oxygen atoms in total. The quantitative estimate of drug-likeness (QED) is 0.736. The van der Waals surface area contributed by atoms with Gasteiger partial charge in [0, 0.05) is 11.6 Å². The van der Waals surface area contributed by atoms with E-state index in [1.807, 2.05) is 24.3 Å². The van der Waals surface area contributed by atoms with E-state index in [1.54, 1.807) is 12.1 Å². The van der Waals surface area contributed by atoms with Crippen molar-refractivity contribution in [3.63, 3.8) is 0 Å². The van der Waals surface area contributed by atoms with Crippen LogP contribution in [0.25, 0.3) is 0 Å². The lowest BCUT2D eigenvalue weighted by atomic mass is 10.1. The third-order valence-corrected chi connectivity index (χ3v) is 3.83. The second-order valence-corrected chi connectivity index (χ2v) is 5.85. The van der Waals surface area contributed by atoms with Crippen LogP contribution in [0.5, 0.6) is 0 Å². The molecule has 0 bridgehead atoms. The Labute approximate surface area is 136 Å². The van der Waals surface area contributed by atoms with Gasteiger partial charge in [-0.15, -0.1) is 0 Å². The molecule has 1 unspecified atom stereocenters. The van der Waals surface area contributed by atoms with Crippen LogP contribution in [0.1, 0.15) is 34.8 Å². The number of benzene rings is 2. The van der Waals surface area contributed by atoms with Crippen LogP contribution in [0.4, 0.5) is 4.39 Å². The van der Waals surface area contributed by atoms with E-state index in [2.05, 4.69) is 12.2 Å². The molecular formula is C19H23FN2O. The van der Waals surface area contributed by atoms with Crippen LogP contribution < -0.4 is 11.1 Å². The largest absolute Gasteiger partial charge is 0.366 e. The summed E-state index contributed by atoms with van der Waals surface area (Å²) in [6.07, 6.45) is 2.85. The lowest BCUT2D eigenvalue weighted by Gasteiger charge is -2.14. The van der Waals surface area contributed by atoms with Crippen molar-refractivity contribution in [2.24, 2.45) is 5.73 Å². The Kier molecular flexibility index (Phi) is 6.29. The van der Waals surface area contributed by atoms with Gasteiger partial charge in [-0.3, -0.25) is 4.79 Å². The molecule has 0 aliphatic rings. The molecule has 0 saturated carbocycles. The molecule has 23 heavy (non-hydrogen) atoms. The normalized spacial score (nSPS) is 12.1. The number of carbonyl (C=O) groups excluding carboxylic acids is 1. The molecule has 0 aromatic heterocycles. The van der Waals surface area contributed by atoms with Crippen molar-refractivity contribution in [2.45, 2.75) is 32.2 Å². The molecule has 0 heterocycles. The van der Waals surface area contributed by atoms with E-state index in [-0.39, 0.29) is 5.82 Å². The minimum Gasteiger partial charge on any atom is -0.366 e. The first kappa shape index (κ1) is 17.2. The number of hydrogen-bond acceptors (Lipinski definition) is 2. The first-order valence-corrected chi connectivity index (χ1v) is 7.91. The molecule has 0 radical (unpaired) electrons. The number of nitrogens with one attached hydrogen (secondary N) is 1. The highest BCUT2D eigenvalue weighted by Gasteiger charge is 2.04. The Morgan fingerprint density at radius 3 is 2.30 bits per heavy atom. The summed E-state index contributed by atoms with van der Waals surface area (Å²) in [5, 5.41) is 3.48. The highest BCUT2D eigenvalue weighted by Crippen LogP contribution is 2.07. The fraction of sp³-hybridized carbons (Fsp3) is 0.316. The van der Waals surface area contributed by atoms with Crippen LogP contribution in [-0.4, -0.2) is 18.5 Å². The van der Waals surface area contributed by atoms with Gasteiger partial charge in [0.1, 0.15) is 5.82 Å². The van der Waals surface area contributed by atoms with Gasteiger partial charge in [-0.1, -0.05) is 24.3 Å². The predicted molar refractivity (Wildman–Crippen MR) is 90.8 cm³/mol. The zero-order chi connectivity index (χ0) is 16.7. The molecular weight excluding hydrogens is 291 g/mol. The Morgan fingerprint density at radius 2 is 1.70 bits per heavy atom. The van der Waals surface area contributed by atoms with E-state index in [0.717, 1.165) is 31.4 Å². The minimum absolute atomic E-state index is 0.197. The van der Waals surface area contributed by atoms with Gasteiger partial charge in [-0.2, -0.15) is 0 Å². The van der Waals surface area contributed by atoms with Gasteiger partial charge in [0.05, 0.1) is 0 Å². The van der Waals surface area contributed by atoms with Crippen molar-refractivity contribution >= 4 is 5.91 Å². The maximum Gasteiger partial charge on any atom is 0.248 e. The first-order valence-electron chi connectivity index (χ1n) is 7.91. The number of rotatable bonds is 8. The van der Waals surface area contributed by atoms with Crippen LogP contribution >= 0.6 is 0 Å². The standard InChI is InChI=1S/C19H23FN2O/c1-14(13-16-6-10-18(20)11-7-16)22-12-2-3-15-4-8-17(9-5-15)19(21)23/h4-11,14,22H,2-3,12-13H2,1H3,(H2,21,23). The van der Waals surface area contributed by atoms with E-state index in [0.29, 0.717) is 11.6 Å². The lowest BCUT2D eigenvalue weighted by molar-refractivity contribution is 0.100. The van der Waals surface area contributed by atoms with Crippen molar-refractivity contribution in [2.75, 3.05) is 6.54 Å². The average Bonchev–Trinajstić information content (AvgIpc) is 2.54. The molecule has 0 fully saturated rings. The average molecular weight is 314 g/mol. The zero-order valence-electron chi connectivity index (χ0n) is 13.4. The number of amides is 1. The Hall–Kier alpha value is -2.20. The predicted octanol–water partition coefficient (Wildman–Crippen LogP) is 3.08. The van der Waals surface area contributed by atoms with Gasteiger partial charge in [-0.25, -0.2) is 4.39 Å². The van der Waals surface area contributed by atoms with Crippen LogP contribution in [0.2, 0.25) is 0 Å². The third-order valence-electron chi connectivity index (χ3n) is 3.83. The molecule has 2 rings (SSSR count). The summed E-state index contributed by atoms with van der Waals surface area (Å²) in [5.41, 5.74) is 8.09. The van der Waals surface area contributed by atoms with Crippen LogP contribution in [0.15, 0.2) is 48.5 Å². The van der Waals surface area contributed by atoms with Gasteiger partial charge < -0.3 is 11.1 Å². The third kappa shape index (κ3) is 5.83. The molecule has 1 atom stereocenters. The topological polar surface area (TPSA) is 55.1 Å². The summed E-state index contributed by atoms with van der Waals surface area (Å²) < 4.78 is 12.9. The molecule has 2 aromatic carbocycles. The number of primary amides is 1. The molecule has 0 aliphatic carbocycles. The van der Waals surface area contributed by atoms with E-state index in [4.69, 9.17) is 5.73 Å². The number of halogens is 1. The second kappa shape index (κ2) is 8.44. The second-order valence-electron chi connectivity index (χ2n) is 5.85. The molecule has 4 heteroatoms. The Morgan fingerprint density at radius 1 is 1.09 bits per heavy atom. The number of aryl methyl sites for hydroxylation is 1. The lowest BCUT2D eigenvalue weighted by Crippen LogP contribution is -2.29. The Bertz CT molecular complexity index is 623. The summed E-state index contributed by atoms with van der Waals surface area (Å²) in [6, 6.07) is 14.4. The fourth-order valence-electron chi connectivity index (χ4n) is 2.52. The minimum atomic E-state index is -0.396. The van der Waals surface area contributed by atoms with E-state index >= 15 is 0 Å². The number of hydrogen-bond donors (Lipinski definition) is 2. The van der Waals surface area contributed by atoms with Crippen LogP contribution in [-0.2, 0) is 12.8 Å². The van der Waals surface area contributed by atoms with Crippen molar-refractivity contribution in [1.82, 2.24) is 5.32 Å². The highest BCUT2D eigenvalue weighted by molar-refractivity contribution is 5.92. The SMILES string of the molecule is CC(Cc1ccc(F)cc1)NCCCc1ccc(C(N)=O)cc1. The molecule has 0 spiro atoms. The van der Waals surface area contributed by atoms with Crippen molar-refractivity contribution in [1.29, 1.82) is 0 Å². The van der Waals surface area contributed by atoms with E-state index in [9.17, 15) is 9.18 Å². The summed E-state index contributed by atoms with van der Waals surface area (Å²) in [6.45, 7) is 3.05. The molecule has 0 aliphatic heterocycles. The Balaban J connectivity index is 1.68. The highest BCUT2D eigenvalue weighted by atomic mass is 19.1.